The lowest BCUT2D eigenvalue weighted by molar-refractivity contribution is -0.160. The average molecular weight is 356 g/mol. The molecule has 0 radical (unpaired) electrons. The van der Waals surface area contributed by atoms with Crippen LogP contribution in [0.2, 0.25) is 0 Å². The van der Waals surface area contributed by atoms with Gasteiger partial charge >= 0.3 is 5.97 Å². The Morgan fingerprint density at radius 2 is 2.15 bits per heavy atom. The molecule has 140 valence electrons. The number of anilines is 1. The van der Waals surface area contributed by atoms with Crippen molar-refractivity contribution in [1.29, 1.82) is 5.26 Å². The molecule has 0 aromatic heterocycles. The van der Waals surface area contributed by atoms with E-state index in [0.29, 0.717) is 17.8 Å². The fourth-order valence-corrected chi connectivity index (χ4v) is 2.89. The summed E-state index contributed by atoms with van der Waals surface area (Å²) in [4.78, 5) is 20.7. The molecule has 1 aliphatic heterocycles. The lowest BCUT2D eigenvalue weighted by Crippen LogP contribution is -2.41. The molecule has 2 rings (SSSR count). The summed E-state index contributed by atoms with van der Waals surface area (Å²) in [6.07, 6.45) is 3.43. The third-order valence-corrected chi connectivity index (χ3v) is 4.05. The normalized spacial score (nSPS) is 17.8. The van der Waals surface area contributed by atoms with Gasteiger partial charge in [0.1, 0.15) is 11.7 Å². The maximum Gasteiger partial charge on any atom is 0.311 e. The van der Waals surface area contributed by atoms with E-state index in [1.54, 1.807) is 6.34 Å². The predicted molar refractivity (Wildman–Crippen MR) is 104 cm³/mol. The number of esters is 1. The van der Waals surface area contributed by atoms with Crippen LogP contribution in [0.4, 0.5) is 11.4 Å². The molecular weight excluding hydrogens is 328 g/mol. The van der Waals surface area contributed by atoms with Gasteiger partial charge in [0.15, 0.2) is 0 Å². The molecule has 1 atom stereocenters. The highest BCUT2D eigenvalue weighted by Crippen LogP contribution is 2.29. The fraction of sp³-hybridized carbons (Fsp3) is 0.550. The summed E-state index contributed by atoms with van der Waals surface area (Å²) >= 11 is 0. The van der Waals surface area contributed by atoms with Crippen molar-refractivity contribution in [2.45, 2.75) is 39.2 Å². The highest BCUT2D eigenvalue weighted by molar-refractivity contribution is 5.74. The molecule has 0 aliphatic carbocycles. The number of nitrogens with zero attached hydrogens (tertiary/aromatic N) is 4. The van der Waals surface area contributed by atoms with Crippen molar-refractivity contribution in [3.63, 3.8) is 0 Å². The van der Waals surface area contributed by atoms with Gasteiger partial charge in [-0.1, -0.05) is 0 Å². The third kappa shape index (κ3) is 5.48. The number of ether oxygens (including phenoxy) is 1. The minimum absolute atomic E-state index is 0.139. The second-order valence-electron chi connectivity index (χ2n) is 7.84. The highest BCUT2D eigenvalue weighted by atomic mass is 16.6. The van der Waals surface area contributed by atoms with Crippen LogP contribution in [-0.2, 0) is 9.53 Å². The van der Waals surface area contributed by atoms with Crippen LogP contribution >= 0.6 is 0 Å². The van der Waals surface area contributed by atoms with E-state index in [1.165, 1.54) is 0 Å². The Morgan fingerprint density at radius 1 is 1.42 bits per heavy atom. The second-order valence-corrected chi connectivity index (χ2v) is 7.84. The zero-order valence-corrected chi connectivity index (χ0v) is 16.3. The van der Waals surface area contributed by atoms with Crippen molar-refractivity contribution in [3.05, 3.63) is 23.8 Å². The second kappa shape index (κ2) is 8.22. The van der Waals surface area contributed by atoms with E-state index < -0.39 is 5.60 Å². The number of hydrogen-bond acceptors (Lipinski definition) is 5. The first-order valence-electron chi connectivity index (χ1n) is 8.92. The number of aliphatic imine (C=N–C) groups is 1. The lowest BCUT2D eigenvalue weighted by Gasteiger charge is -2.34. The van der Waals surface area contributed by atoms with E-state index in [4.69, 9.17) is 4.74 Å². The molecule has 1 fully saturated rings. The molecule has 6 nitrogen and oxygen atoms in total. The van der Waals surface area contributed by atoms with Gasteiger partial charge in [-0.3, -0.25) is 4.79 Å². The van der Waals surface area contributed by atoms with Crippen molar-refractivity contribution >= 4 is 23.7 Å². The topological polar surface area (TPSA) is 68.9 Å². The quantitative estimate of drug-likeness (QED) is 0.470. The molecule has 0 amide bonds. The Kier molecular flexibility index (Phi) is 6.25. The van der Waals surface area contributed by atoms with Gasteiger partial charge in [0.05, 0.1) is 23.5 Å². The third-order valence-electron chi connectivity index (χ3n) is 4.05. The fourth-order valence-electron chi connectivity index (χ4n) is 2.89. The Labute approximate surface area is 156 Å². The van der Waals surface area contributed by atoms with Crippen molar-refractivity contribution < 1.29 is 9.53 Å². The Hall–Kier alpha value is -2.55. The zero-order chi connectivity index (χ0) is 19.3. The number of benzene rings is 1. The van der Waals surface area contributed by atoms with Crippen LogP contribution in [-0.4, -0.2) is 50.0 Å². The van der Waals surface area contributed by atoms with Gasteiger partial charge in [-0.2, -0.15) is 5.26 Å². The van der Waals surface area contributed by atoms with Crippen LogP contribution in [0.1, 0.15) is 39.2 Å². The summed E-state index contributed by atoms with van der Waals surface area (Å²) in [5.74, 6) is -0.283. The first-order valence-corrected chi connectivity index (χ1v) is 8.92. The zero-order valence-electron chi connectivity index (χ0n) is 16.3. The van der Waals surface area contributed by atoms with Gasteiger partial charge in [0, 0.05) is 32.9 Å². The van der Waals surface area contributed by atoms with Gasteiger partial charge < -0.3 is 14.5 Å². The molecule has 1 aromatic rings. The summed E-state index contributed by atoms with van der Waals surface area (Å²) in [7, 11) is 3.77. The molecule has 0 unspecified atom stereocenters. The van der Waals surface area contributed by atoms with Crippen molar-refractivity contribution in [3.8, 4) is 6.07 Å². The van der Waals surface area contributed by atoms with Crippen molar-refractivity contribution in [1.82, 2.24) is 4.90 Å². The van der Waals surface area contributed by atoms with E-state index in [2.05, 4.69) is 16.0 Å². The van der Waals surface area contributed by atoms with Gasteiger partial charge in [0.25, 0.3) is 0 Å². The molecule has 0 bridgehead atoms. The smallest absolute Gasteiger partial charge is 0.311 e. The van der Waals surface area contributed by atoms with E-state index in [-0.39, 0.29) is 11.9 Å². The summed E-state index contributed by atoms with van der Waals surface area (Å²) in [6, 6.07) is 7.87. The maximum absolute atomic E-state index is 12.4. The van der Waals surface area contributed by atoms with E-state index in [9.17, 15) is 10.1 Å². The van der Waals surface area contributed by atoms with Crippen LogP contribution in [0.15, 0.2) is 23.2 Å². The number of carbonyl (C=O) groups is 1. The summed E-state index contributed by atoms with van der Waals surface area (Å²) in [5, 5.41) is 9.44. The Balaban J connectivity index is 2.15. The number of hydrogen-bond donors (Lipinski definition) is 0. The molecule has 1 heterocycles. The van der Waals surface area contributed by atoms with Crippen LogP contribution in [0, 0.1) is 17.2 Å². The Morgan fingerprint density at radius 3 is 2.77 bits per heavy atom. The summed E-state index contributed by atoms with van der Waals surface area (Å²) < 4.78 is 5.54. The van der Waals surface area contributed by atoms with Gasteiger partial charge in [-0.25, -0.2) is 4.99 Å². The van der Waals surface area contributed by atoms with Gasteiger partial charge in [-0.15, -0.1) is 0 Å². The number of piperidine rings is 1. The minimum Gasteiger partial charge on any atom is -0.460 e. The van der Waals surface area contributed by atoms with Crippen LogP contribution in [0.3, 0.4) is 0 Å². The molecule has 1 aromatic carbocycles. The van der Waals surface area contributed by atoms with Crippen molar-refractivity contribution in [2.75, 3.05) is 32.1 Å². The minimum atomic E-state index is -0.473. The van der Waals surface area contributed by atoms with Crippen LogP contribution in [0.5, 0.6) is 0 Å². The van der Waals surface area contributed by atoms with Crippen molar-refractivity contribution in [2.24, 2.45) is 10.9 Å². The van der Waals surface area contributed by atoms with E-state index in [0.717, 1.165) is 25.1 Å². The van der Waals surface area contributed by atoms with Crippen LogP contribution < -0.4 is 4.90 Å². The van der Waals surface area contributed by atoms with E-state index >= 15 is 0 Å². The molecule has 0 N–H and O–H groups in total. The summed E-state index contributed by atoms with van der Waals surface area (Å²) in [5.41, 5.74) is 1.64. The van der Waals surface area contributed by atoms with Crippen LogP contribution in [0.25, 0.3) is 0 Å². The molecule has 1 aliphatic rings. The number of carbonyl (C=O) groups excluding carboxylic acids is 1. The number of nitriles is 1. The maximum atomic E-state index is 12.4. The van der Waals surface area contributed by atoms with E-state index in [1.807, 2.05) is 58.0 Å². The number of rotatable bonds is 4. The van der Waals surface area contributed by atoms with Gasteiger partial charge in [0.2, 0.25) is 0 Å². The molecule has 26 heavy (non-hydrogen) atoms. The average Bonchev–Trinajstić information content (AvgIpc) is 2.58. The molecule has 0 spiro atoms. The highest BCUT2D eigenvalue weighted by Gasteiger charge is 2.30. The first-order chi connectivity index (χ1) is 12.2. The monoisotopic (exact) mass is 356 g/mol. The summed E-state index contributed by atoms with van der Waals surface area (Å²) in [6.45, 7) is 7.14. The largest absolute Gasteiger partial charge is 0.460 e. The molecular formula is C20H28N4O2. The Bertz CT molecular complexity index is 714. The lowest BCUT2D eigenvalue weighted by atomic mass is 9.97. The molecule has 6 heteroatoms. The first kappa shape index (κ1) is 19.8. The predicted octanol–water partition coefficient (Wildman–Crippen LogP) is 3.34. The van der Waals surface area contributed by atoms with Gasteiger partial charge in [-0.05, 0) is 51.8 Å². The molecule has 1 saturated heterocycles. The molecule has 0 saturated carbocycles. The SMILES string of the molecule is CN(C)/C=N/c1ccc(N2CCC[C@@H](C(=O)OC(C)(C)C)C2)cc1C#N. The standard InChI is InChI=1S/C20H28N4O2/c1-20(2,3)26-19(25)15-7-6-10-24(13-15)17-8-9-18(16(11-17)12-21)22-14-23(4)5/h8-9,11,14-15H,6-7,10,13H2,1-5H3/b22-14+/t15-/m1/s1.